The molecule has 1 saturated heterocycles. The Balaban J connectivity index is 2.78. The first-order valence-corrected chi connectivity index (χ1v) is 7.43. The second-order valence-electron chi connectivity index (χ2n) is 5.75. The van der Waals surface area contributed by atoms with E-state index in [2.05, 4.69) is 0 Å². The number of carbonyl (C=O) groups excluding carboxylic acids is 2. The summed E-state index contributed by atoms with van der Waals surface area (Å²) in [5, 5.41) is 0.882. The summed E-state index contributed by atoms with van der Waals surface area (Å²) >= 11 is 1.45. The van der Waals surface area contributed by atoms with Crippen LogP contribution in [0.1, 0.15) is 34.1 Å². The summed E-state index contributed by atoms with van der Waals surface area (Å²) < 4.78 is 5.36. The molecule has 0 saturated carbocycles. The van der Waals surface area contributed by atoms with Gasteiger partial charge in [0.2, 0.25) is 0 Å². The highest BCUT2D eigenvalue weighted by atomic mass is 32.2. The van der Waals surface area contributed by atoms with Gasteiger partial charge in [0.1, 0.15) is 15.7 Å². The van der Waals surface area contributed by atoms with Crippen LogP contribution in [-0.4, -0.2) is 58.9 Å². The summed E-state index contributed by atoms with van der Waals surface area (Å²) in [4.78, 5) is 30.2. The summed E-state index contributed by atoms with van der Waals surface area (Å²) in [6.07, 6.45) is 0.253. The van der Waals surface area contributed by atoms with Crippen molar-refractivity contribution in [2.75, 3.05) is 21.2 Å². The standard InChI is InChI=1S/C13H24N2O4S/c1-8-13(9(20-13)10(16)15(6)18-7)14(5)11(17)19-12(2,3)4/h9H,8H2,1-7H3. The van der Waals surface area contributed by atoms with E-state index in [1.54, 1.807) is 14.1 Å². The van der Waals surface area contributed by atoms with E-state index in [-0.39, 0.29) is 11.2 Å². The number of ether oxygens (including phenoxy) is 1. The van der Waals surface area contributed by atoms with Gasteiger partial charge in [-0.05, 0) is 27.2 Å². The van der Waals surface area contributed by atoms with Gasteiger partial charge in [0.25, 0.3) is 5.91 Å². The van der Waals surface area contributed by atoms with Crippen LogP contribution in [-0.2, 0) is 14.4 Å². The molecule has 0 spiro atoms. The molecule has 0 aromatic heterocycles. The molecule has 0 aliphatic carbocycles. The van der Waals surface area contributed by atoms with Crippen LogP contribution >= 0.6 is 11.8 Å². The number of hydroxylamine groups is 2. The molecule has 1 heterocycles. The van der Waals surface area contributed by atoms with Crippen LogP contribution in [0.15, 0.2) is 0 Å². The van der Waals surface area contributed by atoms with Gasteiger partial charge in [0, 0.05) is 14.1 Å². The largest absolute Gasteiger partial charge is 0.444 e. The molecule has 2 amide bonds. The Bertz CT molecular complexity index is 396. The van der Waals surface area contributed by atoms with E-state index in [0.717, 1.165) is 0 Å². The zero-order valence-corrected chi connectivity index (χ0v) is 14.0. The van der Waals surface area contributed by atoms with Crippen LogP contribution in [0.4, 0.5) is 4.79 Å². The topological polar surface area (TPSA) is 59.1 Å². The Morgan fingerprint density at radius 3 is 2.25 bits per heavy atom. The molecule has 0 aromatic carbocycles. The van der Waals surface area contributed by atoms with Crippen LogP contribution in [0.2, 0.25) is 0 Å². The molecular formula is C13H24N2O4S. The maximum Gasteiger partial charge on any atom is 0.411 e. The summed E-state index contributed by atoms with van der Waals surface area (Å²) in [6, 6.07) is 0. The number of amides is 2. The maximum absolute atomic E-state index is 12.1. The van der Waals surface area contributed by atoms with Crippen molar-refractivity contribution in [3.05, 3.63) is 0 Å². The van der Waals surface area contributed by atoms with Gasteiger partial charge in [-0.1, -0.05) is 6.92 Å². The monoisotopic (exact) mass is 304 g/mol. The van der Waals surface area contributed by atoms with Crippen LogP contribution in [0.5, 0.6) is 0 Å². The molecule has 1 aliphatic rings. The van der Waals surface area contributed by atoms with Crippen molar-refractivity contribution in [1.29, 1.82) is 0 Å². The predicted octanol–water partition coefficient (Wildman–Crippen LogP) is 2.09. The fourth-order valence-electron chi connectivity index (χ4n) is 1.91. The lowest BCUT2D eigenvalue weighted by Gasteiger charge is -2.30. The fraction of sp³-hybridized carbons (Fsp3) is 0.846. The van der Waals surface area contributed by atoms with Gasteiger partial charge in [-0.3, -0.25) is 14.5 Å². The first-order valence-electron chi connectivity index (χ1n) is 6.55. The summed E-state index contributed by atoms with van der Waals surface area (Å²) in [6.45, 7) is 7.41. The highest BCUT2D eigenvalue weighted by molar-refractivity contribution is 8.09. The van der Waals surface area contributed by atoms with Crippen molar-refractivity contribution >= 4 is 23.8 Å². The molecule has 1 aliphatic heterocycles. The molecule has 2 atom stereocenters. The average Bonchev–Trinajstić information content (AvgIpc) is 3.09. The molecule has 1 rings (SSSR count). The van der Waals surface area contributed by atoms with Gasteiger partial charge in [-0.2, -0.15) is 0 Å². The van der Waals surface area contributed by atoms with E-state index in [1.807, 2.05) is 27.7 Å². The molecule has 7 heteroatoms. The van der Waals surface area contributed by atoms with E-state index in [4.69, 9.17) is 9.57 Å². The fourth-order valence-corrected chi connectivity index (χ4v) is 3.33. The quantitative estimate of drug-likeness (QED) is 0.588. The molecular weight excluding hydrogens is 280 g/mol. The molecule has 0 aromatic rings. The Kier molecular flexibility index (Phi) is 4.97. The van der Waals surface area contributed by atoms with Gasteiger partial charge in [0.15, 0.2) is 0 Å². The first kappa shape index (κ1) is 17.1. The Morgan fingerprint density at radius 2 is 1.85 bits per heavy atom. The second-order valence-corrected chi connectivity index (χ2v) is 7.17. The van der Waals surface area contributed by atoms with Crippen molar-refractivity contribution in [3.8, 4) is 0 Å². The van der Waals surface area contributed by atoms with Crippen LogP contribution < -0.4 is 0 Å². The summed E-state index contributed by atoms with van der Waals surface area (Å²) in [5.41, 5.74) is -0.553. The third-order valence-corrected chi connectivity index (χ3v) is 5.00. The van der Waals surface area contributed by atoms with Crippen LogP contribution in [0, 0.1) is 0 Å². The minimum Gasteiger partial charge on any atom is -0.444 e. The summed E-state index contributed by atoms with van der Waals surface area (Å²) in [5.74, 6) is -0.144. The van der Waals surface area contributed by atoms with Gasteiger partial charge in [-0.25, -0.2) is 9.86 Å². The highest BCUT2D eigenvalue weighted by Gasteiger charge is 2.64. The molecule has 6 nitrogen and oxygen atoms in total. The van der Waals surface area contributed by atoms with Crippen LogP contribution in [0.25, 0.3) is 0 Å². The summed E-state index contributed by atoms with van der Waals surface area (Å²) in [7, 11) is 4.68. The van der Waals surface area contributed by atoms with Crippen molar-refractivity contribution in [3.63, 3.8) is 0 Å². The lowest BCUT2D eigenvalue weighted by atomic mass is 10.1. The van der Waals surface area contributed by atoms with Crippen molar-refractivity contribution in [2.24, 2.45) is 0 Å². The number of carbonyl (C=O) groups is 2. The van der Waals surface area contributed by atoms with Crippen LogP contribution in [0.3, 0.4) is 0 Å². The van der Waals surface area contributed by atoms with E-state index in [1.165, 1.54) is 28.8 Å². The number of hydrogen-bond donors (Lipinski definition) is 0. The SMILES string of the molecule is CCC1(N(C)C(=O)OC(C)(C)C)SC1C(=O)N(C)OC. The van der Waals surface area contributed by atoms with Crippen molar-refractivity contribution < 1.29 is 19.2 Å². The maximum atomic E-state index is 12.1. The van der Waals surface area contributed by atoms with E-state index in [0.29, 0.717) is 6.42 Å². The Labute approximate surface area is 124 Å². The third kappa shape index (κ3) is 3.38. The highest BCUT2D eigenvalue weighted by Crippen LogP contribution is 2.58. The van der Waals surface area contributed by atoms with Crippen molar-refractivity contribution in [1.82, 2.24) is 9.96 Å². The number of rotatable bonds is 4. The molecule has 0 N–H and O–H groups in total. The Hall–Kier alpha value is -0.950. The number of nitrogens with zero attached hydrogens (tertiary/aromatic N) is 2. The van der Waals surface area contributed by atoms with Gasteiger partial charge >= 0.3 is 6.09 Å². The lowest BCUT2D eigenvalue weighted by Crippen LogP contribution is -2.46. The molecule has 1 fully saturated rings. The van der Waals surface area contributed by atoms with E-state index in [9.17, 15) is 9.59 Å². The minimum atomic E-state index is -0.553. The minimum absolute atomic E-state index is 0.144. The molecule has 0 radical (unpaired) electrons. The van der Waals surface area contributed by atoms with Gasteiger partial charge in [-0.15, -0.1) is 11.8 Å². The van der Waals surface area contributed by atoms with E-state index < -0.39 is 16.6 Å². The molecule has 0 bridgehead atoms. The zero-order valence-electron chi connectivity index (χ0n) is 13.2. The smallest absolute Gasteiger partial charge is 0.411 e. The predicted molar refractivity (Wildman–Crippen MR) is 78.2 cm³/mol. The molecule has 20 heavy (non-hydrogen) atoms. The van der Waals surface area contributed by atoms with Crippen molar-refractivity contribution in [2.45, 2.75) is 49.8 Å². The van der Waals surface area contributed by atoms with E-state index >= 15 is 0 Å². The number of thioether (sulfide) groups is 1. The first-order chi connectivity index (χ1) is 9.09. The van der Waals surface area contributed by atoms with Gasteiger partial charge in [0.05, 0.1) is 7.11 Å². The molecule has 2 unspecified atom stereocenters. The zero-order chi connectivity index (χ0) is 15.7. The van der Waals surface area contributed by atoms with Gasteiger partial charge < -0.3 is 4.74 Å². The Morgan fingerprint density at radius 1 is 1.30 bits per heavy atom. The average molecular weight is 304 g/mol. The molecule has 116 valence electrons. The lowest BCUT2D eigenvalue weighted by molar-refractivity contribution is -0.168. The second kappa shape index (κ2) is 5.81. The number of hydrogen-bond acceptors (Lipinski definition) is 5. The normalized spacial score (nSPS) is 25.1. The third-order valence-electron chi connectivity index (χ3n) is 3.22.